The Morgan fingerprint density at radius 2 is 1.63 bits per heavy atom. The molecule has 0 aromatic heterocycles. The molecule has 0 bridgehead atoms. The number of nitrogens with two attached hydrogens (primary N) is 2. The predicted octanol–water partition coefficient (Wildman–Crippen LogP) is 6.19. The number of nitrogens with one attached hydrogen (secondary N) is 2. The molecular weight excluding hydrogens is 663 g/mol. The number of alkyl halides is 3. The van der Waals surface area contributed by atoms with Gasteiger partial charge in [-0.1, -0.05) is 36.9 Å². The monoisotopic (exact) mass is 710 g/mol. The van der Waals surface area contributed by atoms with Gasteiger partial charge >= 0.3 is 18.2 Å². The molecule has 4 atom stereocenters. The topological polar surface area (TPSA) is 146 Å². The largest absolute Gasteiger partial charge is 0.497 e. The van der Waals surface area contributed by atoms with E-state index in [0.717, 1.165) is 19.3 Å². The van der Waals surface area contributed by atoms with Crippen LogP contribution in [0.5, 0.6) is 5.75 Å². The summed E-state index contributed by atoms with van der Waals surface area (Å²) in [6, 6.07) is 7.54. The summed E-state index contributed by atoms with van der Waals surface area (Å²) in [5, 5.41) is 5.51. The van der Waals surface area contributed by atoms with E-state index in [1.165, 1.54) is 37.4 Å². The molecule has 0 spiro atoms. The summed E-state index contributed by atoms with van der Waals surface area (Å²) in [4.78, 5) is 41.4. The predicted molar refractivity (Wildman–Crippen MR) is 181 cm³/mol. The average molecular weight is 711 g/mol. The molecule has 4 rings (SSSR count). The molecule has 2 unspecified atom stereocenters. The van der Waals surface area contributed by atoms with Gasteiger partial charge in [-0.25, -0.2) is 14.1 Å². The lowest BCUT2D eigenvalue weighted by molar-refractivity contribution is -0.872. The number of nitrogens with zero attached hydrogens (tertiary/aromatic N) is 1. The van der Waals surface area contributed by atoms with Crippen molar-refractivity contribution in [3.8, 4) is 5.75 Å². The molecule has 3 amide bonds. The van der Waals surface area contributed by atoms with E-state index in [4.69, 9.17) is 32.5 Å². The van der Waals surface area contributed by atoms with E-state index in [1.54, 1.807) is 32.9 Å². The SMILES string of the molecule is COc1ccc(NC(Cc2ccc(Cl)cc2C[N+]2(C(=O)[C@](N)(NC(=O)OC(C)(C)C)C3CCCCC3)CCC[C@H]2C(N)=O)C(F)(F)F)cc1. The second kappa shape index (κ2) is 15.1. The van der Waals surface area contributed by atoms with Gasteiger partial charge < -0.3 is 20.5 Å². The number of halogens is 4. The summed E-state index contributed by atoms with van der Waals surface area (Å²) in [6.07, 6.45) is -1.78. The standard InChI is InChI=1S/C35H47ClF3N5O5/c1-33(2,3)49-32(47)43-34(41,24-9-6-5-7-10-24)31(46)44(18-8-11-28(44)30(40)45)21-23-19-25(36)13-12-22(23)20-29(35(37,38)39)42-26-14-16-27(48-4)17-15-26/h12-17,19,24,28-29,42H,5-11,18,20-21,41H2,1-4H3,(H2-,40,43,45,47)/p+1/t28-,29?,34+,44?/m0/s1. The molecular formula is C35H48ClF3N5O5+. The summed E-state index contributed by atoms with van der Waals surface area (Å²) < 4.78 is 53.6. The maximum Gasteiger partial charge on any atom is 0.409 e. The van der Waals surface area contributed by atoms with Crippen molar-refractivity contribution in [2.24, 2.45) is 17.4 Å². The zero-order valence-electron chi connectivity index (χ0n) is 28.5. The lowest BCUT2D eigenvalue weighted by Crippen LogP contribution is -2.76. The van der Waals surface area contributed by atoms with Crippen molar-refractivity contribution in [2.45, 2.75) is 108 Å². The smallest absolute Gasteiger partial charge is 0.409 e. The third-order valence-corrected chi connectivity index (χ3v) is 9.78. The highest BCUT2D eigenvalue weighted by Crippen LogP contribution is 2.40. The summed E-state index contributed by atoms with van der Waals surface area (Å²) >= 11 is 6.42. The third-order valence-electron chi connectivity index (χ3n) is 9.55. The van der Waals surface area contributed by atoms with Crippen LogP contribution in [0.4, 0.5) is 23.7 Å². The van der Waals surface area contributed by atoms with E-state index < -0.39 is 64.3 Å². The molecule has 1 saturated carbocycles. The number of likely N-dealkylation sites (tertiary alicyclic amines) is 1. The molecule has 6 N–H and O–H groups in total. The molecule has 1 saturated heterocycles. The van der Waals surface area contributed by atoms with Gasteiger partial charge in [0.2, 0.25) is 5.66 Å². The fraction of sp³-hybridized carbons (Fsp3) is 0.571. The number of hydrogen-bond acceptors (Lipinski definition) is 7. The molecule has 2 aromatic rings. The maximum atomic E-state index is 15.1. The van der Waals surface area contributed by atoms with Crippen molar-refractivity contribution >= 4 is 35.2 Å². The Hall–Kier alpha value is -3.55. The van der Waals surface area contributed by atoms with Crippen LogP contribution in [0.25, 0.3) is 0 Å². The van der Waals surface area contributed by atoms with Crippen LogP contribution in [0.2, 0.25) is 5.02 Å². The fourth-order valence-electron chi connectivity index (χ4n) is 7.19. The highest BCUT2D eigenvalue weighted by atomic mass is 35.5. The number of benzene rings is 2. The van der Waals surface area contributed by atoms with Gasteiger partial charge in [-0.05, 0) is 75.6 Å². The minimum absolute atomic E-state index is 0.132. The Bertz CT molecular complexity index is 1500. The van der Waals surface area contributed by atoms with E-state index in [9.17, 15) is 22.8 Å². The number of amides is 3. The first-order valence-corrected chi connectivity index (χ1v) is 17.0. The van der Waals surface area contributed by atoms with Gasteiger partial charge in [0.15, 0.2) is 6.04 Å². The summed E-state index contributed by atoms with van der Waals surface area (Å²) in [6.45, 7) is 4.97. The van der Waals surface area contributed by atoms with Crippen molar-refractivity contribution < 1.29 is 41.5 Å². The summed E-state index contributed by atoms with van der Waals surface area (Å²) in [5.41, 5.74) is 10.9. The van der Waals surface area contributed by atoms with E-state index in [1.807, 2.05) is 0 Å². The van der Waals surface area contributed by atoms with Crippen molar-refractivity contribution in [1.82, 2.24) is 5.32 Å². The lowest BCUT2D eigenvalue weighted by Gasteiger charge is -2.45. The van der Waals surface area contributed by atoms with Crippen LogP contribution < -0.4 is 26.8 Å². The van der Waals surface area contributed by atoms with Gasteiger partial charge in [0, 0.05) is 41.5 Å². The summed E-state index contributed by atoms with van der Waals surface area (Å²) in [5.74, 6) is -1.37. The Labute approximate surface area is 290 Å². The zero-order chi connectivity index (χ0) is 36.2. The van der Waals surface area contributed by atoms with Crippen LogP contribution in [0.1, 0.15) is 76.8 Å². The molecule has 1 heterocycles. The number of methoxy groups -OCH3 is 1. The number of ether oxygens (including phenoxy) is 2. The van der Waals surface area contributed by atoms with Gasteiger partial charge in [0.25, 0.3) is 5.91 Å². The molecule has 1 aliphatic carbocycles. The average Bonchev–Trinajstić information content (AvgIpc) is 3.45. The quantitative estimate of drug-likeness (QED) is 0.161. The van der Waals surface area contributed by atoms with Crippen LogP contribution in [-0.2, 0) is 27.3 Å². The van der Waals surface area contributed by atoms with Gasteiger partial charge in [0.05, 0.1) is 13.7 Å². The van der Waals surface area contributed by atoms with Crippen molar-refractivity contribution in [3.05, 3.63) is 58.6 Å². The minimum atomic E-state index is -4.66. The highest BCUT2D eigenvalue weighted by Gasteiger charge is 2.61. The first-order chi connectivity index (χ1) is 22.9. The minimum Gasteiger partial charge on any atom is -0.497 e. The maximum absolute atomic E-state index is 15.1. The van der Waals surface area contributed by atoms with Crippen molar-refractivity contribution in [2.75, 3.05) is 19.0 Å². The van der Waals surface area contributed by atoms with Crippen LogP contribution in [-0.4, -0.2) is 65.6 Å². The van der Waals surface area contributed by atoms with Crippen LogP contribution in [0.15, 0.2) is 42.5 Å². The molecule has 10 nitrogen and oxygen atoms in total. The van der Waals surface area contributed by atoms with Gasteiger partial charge in [-0.3, -0.25) is 15.8 Å². The molecule has 2 fully saturated rings. The van der Waals surface area contributed by atoms with E-state index in [2.05, 4.69) is 10.6 Å². The number of anilines is 1. The lowest BCUT2D eigenvalue weighted by atomic mass is 9.78. The third kappa shape index (κ3) is 9.17. The number of carbonyl (C=O) groups excluding carboxylic acids is 3. The Balaban J connectivity index is 1.77. The van der Waals surface area contributed by atoms with Crippen molar-refractivity contribution in [1.29, 1.82) is 0 Å². The van der Waals surface area contributed by atoms with E-state index in [0.29, 0.717) is 30.6 Å². The second-order valence-electron chi connectivity index (χ2n) is 14.2. The van der Waals surface area contributed by atoms with Gasteiger partial charge in [-0.2, -0.15) is 13.2 Å². The number of hydrogen-bond donors (Lipinski definition) is 4. The number of alkyl carbamates (subject to hydrolysis) is 1. The molecule has 2 aliphatic rings. The molecule has 14 heteroatoms. The number of rotatable bonds is 11. The van der Waals surface area contributed by atoms with Crippen LogP contribution >= 0.6 is 11.6 Å². The van der Waals surface area contributed by atoms with Gasteiger partial charge in [0.1, 0.15) is 23.9 Å². The number of quaternary nitrogens is 1. The van der Waals surface area contributed by atoms with E-state index >= 15 is 4.79 Å². The first kappa shape index (κ1) is 38.3. The fourth-order valence-corrected chi connectivity index (χ4v) is 7.39. The number of carbonyl (C=O) groups is 3. The summed E-state index contributed by atoms with van der Waals surface area (Å²) in [7, 11) is 1.46. The molecule has 0 radical (unpaired) electrons. The Morgan fingerprint density at radius 3 is 2.20 bits per heavy atom. The van der Waals surface area contributed by atoms with Crippen LogP contribution in [0.3, 0.4) is 0 Å². The molecule has 2 aromatic carbocycles. The first-order valence-electron chi connectivity index (χ1n) is 16.6. The second-order valence-corrected chi connectivity index (χ2v) is 14.6. The van der Waals surface area contributed by atoms with Crippen molar-refractivity contribution in [3.63, 3.8) is 0 Å². The molecule has 49 heavy (non-hydrogen) atoms. The zero-order valence-corrected chi connectivity index (χ0v) is 29.3. The molecule has 270 valence electrons. The Morgan fingerprint density at radius 1 is 0.980 bits per heavy atom. The van der Waals surface area contributed by atoms with E-state index in [-0.39, 0.29) is 35.8 Å². The highest BCUT2D eigenvalue weighted by molar-refractivity contribution is 6.30. The normalized spacial score (nSPS) is 22.1. The molecule has 1 aliphatic heterocycles. The Kier molecular flexibility index (Phi) is 11.8. The number of primary amides is 1. The van der Waals surface area contributed by atoms with Gasteiger partial charge in [-0.15, -0.1) is 0 Å². The van der Waals surface area contributed by atoms with Crippen LogP contribution in [0, 0.1) is 5.92 Å².